The highest BCUT2D eigenvalue weighted by molar-refractivity contribution is 5.80. The molecule has 1 aliphatic carbocycles. The maximum atomic E-state index is 13.3. The Labute approximate surface area is 200 Å². The summed E-state index contributed by atoms with van der Waals surface area (Å²) in [6, 6.07) is 23.4. The fraction of sp³-hybridized carbons (Fsp3) is 0.300. The molecule has 3 aromatic rings. The van der Waals surface area contributed by atoms with E-state index >= 15 is 0 Å². The lowest BCUT2D eigenvalue weighted by molar-refractivity contribution is 0.0866. The zero-order valence-electron chi connectivity index (χ0n) is 19.7. The number of nitrogens with zero attached hydrogens (tertiary/aromatic N) is 1. The number of benzene rings is 3. The highest BCUT2D eigenvalue weighted by atomic mass is 16.6. The first-order chi connectivity index (χ1) is 16.6. The molecule has 1 fully saturated rings. The number of hydrogen-bond donors (Lipinski definition) is 0. The molecule has 1 saturated heterocycles. The molecule has 34 heavy (non-hydrogen) atoms. The molecule has 1 amide bonds. The van der Waals surface area contributed by atoms with E-state index in [1.165, 1.54) is 33.4 Å². The molecule has 0 N–H and O–H groups in total. The molecule has 6 rings (SSSR count). The van der Waals surface area contributed by atoms with E-state index in [1.54, 1.807) is 7.11 Å². The lowest BCUT2D eigenvalue weighted by atomic mass is 9.93. The summed E-state index contributed by atoms with van der Waals surface area (Å²) < 4.78 is 11.6. The van der Waals surface area contributed by atoms with E-state index in [0.717, 1.165) is 30.6 Å². The van der Waals surface area contributed by atoms with Crippen LogP contribution in [0.5, 0.6) is 5.75 Å². The first-order valence-corrected chi connectivity index (χ1v) is 12.1. The number of hydrogen-bond acceptors (Lipinski definition) is 3. The van der Waals surface area contributed by atoms with Gasteiger partial charge in [0.1, 0.15) is 12.4 Å². The van der Waals surface area contributed by atoms with Crippen molar-refractivity contribution in [3.05, 3.63) is 95.1 Å². The van der Waals surface area contributed by atoms with Gasteiger partial charge >= 0.3 is 6.09 Å². The van der Waals surface area contributed by atoms with Gasteiger partial charge in [0.05, 0.1) is 13.2 Å². The summed E-state index contributed by atoms with van der Waals surface area (Å²) in [6.45, 7) is 2.47. The van der Waals surface area contributed by atoms with E-state index in [9.17, 15) is 4.79 Å². The molecule has 0 spiro atoms. The van der Waals surface area contributed by atoms with Crippen molar-refractivity contribution in [2.45, 2.75) is 44.2 Å². The van der Waals surface area contributed by atoms with Crippen molar-refractivity contribution in [1.82, 2.24) is 4.90 Å². The van der Waals surface area contributed by atoms with E-state index in [4.69, 9.17) is 9.47 Å². The summed E-state index contributed by atoms with van der Waals surface area (Å²) in [7, 11) is 1.72. The molecule has 172 valence electrons. The molecule has 3 aliphatic rings. The van der Waals surface area contributed by atoms with E-state index in [0.29, 0.717) is 6.61 Å². The Kier molecular flexibility index (Phi) is 5.17. The minimum absolute atomic E-state index is 0.0784. The first kappa shape index (κ1) is 21.0. The molecular formula is C30H29NO3. The van der Waals surface area contributed by atoms with Crippen LogP contribution in [0.1, 0.15) is 47.4 Å². The largest absolute Gasteiger partial charge is 0.496 e. The molecule has 4 heteroatoms. The predicted octanol–water partition coefficient (Wildman–Crippen LogP) is 6.57. The van der Waals surface area contributed by atoms with Gasteiger partial charge in [-0.2, -0.15) is 0 Å². The highest BCUT2D eigenvalue weighted by Crippen LogP contribution is 2.45. The topological polar surface area (TPSA) is 38.8 Å². The van der Waals surface area contributed by atoms with Crippen molar-refractivity contribution in [1.29, 1.82) is 0 Å². The molecule has 4 nitrogen and oxygen atoms in total. The van der Waals surface area contributed by atoms with Crippen molar-refractivity contribution >= 4 is 11.7 Å². The third-order valence-corrected chi connectivity index (χ3v) is 7.64. The molecule has 2 atom stereocenters. The van der Waals surface area contributed by atoms with Gasteiger partial charge in [-0.1, -0.05) is 66.2 Å². The normalized spacial score (nSPS) is 20.5. The average molecular weight is 452 g/mol. The number of carbonyl (C=O) groups excluding carboxylic acids is 1. The van der Waals surface area contributed by atoms with Crippen LogP contribution >= 0.6 is 0 Å². The zero-order chi connectivity index (χ0) is 23.2. The third kappa shape index (κ3) is 3.40. The van der Waals surface area contributed by atoms with Gasteiger partial charge in [0.25, 0.3) is 0 Å². The lowest BCUT2D eigenvalue weighted by Gasteiger charge is -2.34. The maximum absolute atomic E-state index is 13.3. The summed E-state index contributed by atoms with van der Waals surface area (Å²) in [6.07, 6.45) is 4.87. The second kappa shape index (κ2) is 8.35. The number of methoxy groups -OCH3 is 1. The summed E-state index contributed by atoms with van der Waals surface area (Å²) in [5.74, 6) is 0.979. The Morgan fingerprint density at radius 1 is 0.941 bits per heavy atom. The van der Waals surface area contributed by atoms with Crippen LogP contribution in [0.15, 0.2) is 72.8 Å². The van der Waals surface area contributed by atoms with Crippen molar-refractivity contribution < 1.29 is 14.3 Å². The molecule has 0 radical (unpaired) electrons. The van der Waals surface area contributed by atoms with Crippen LogP contribution in [-0.4, -0.2) is 36.8 Å². The summed E-state index contributed by atoms with van der Waals surface area (Å²) >= 11 is 0. The molecule has 0 saturated carbocycles. The van der Waals surface area contributed by atoms with Crippen LogP contribution < -0.4 is 4.74 Å². The molecule has 2 heterocycles. The molecular weight excluding hydrogens is 422 g/mol. The molecule has 3 aromatic carbocycles. The van der Waals surface area contributed by atoms with Crippen LogP contribution in [0.3, 0.4) is 0 Å². The van der Waals surface area contributed by atoms with Crippen molar-refractivity contribution in [3.63, 3.8) is 0 Å². The Hall–Kier alpha value is -3.53. The lowest BCUT2D eigenvalue weighted by Crippen LogP contribution is -2.43. The van der Waals surface area contributed by atoms with Crippen LogP contribution in [0.25, 0.3) is 16.7 Å². The van der Waals surface area contributed by atoms with E-state index < -0.39 is 0 Å². The SMILES string of the molecule is COc1ccc(C)cc1C1=CC2CCC(C1)N2C(=O)OCC1c2ccccc2-c2ccccc21. The van der Waals surface area contributed by atoms with E-state index in [-0.39, 0.29) is 24.1 Å². The van der Waals surface area contributed by atoms with Gasteiger partial charge in [0.2, 0.25) is 0 Å². The van der Waals surface area contributed by atoms with Gasteiger partial charge in [0.15, 0.2) is 0 Å². The average Bonchev–Trinajstić information content (AvgIpc) is 3.33. The Morgan fingerprint density at radius 2 is 1.65 bits per heavy atom. The maximum Gasteiger partial charge on any atom is 0.410 e. The van der Waals surface area contributed by atoms with Gasteiger partial charge in [-0.25, -0.2) is 4.79 Å². The van der Waals surface area contributed by atoms with E-state index in [2.05, 4.69) is 73.7 Å². The predicted molar refractivity (Wildman–Crippen MR) is 134 cm³/mol. The van der Waals surface area contributed by atoms with Crippen LogP contribution in [0.2, 0.25) is 0 Å². The minimum Gasteiger partial charge on any atom is -0.496 e. The van der Waals surface area contributed by atoms with Crippen molar-refractivity contribution in [3.8, 4) is 16.9 Å². The van der Waals surface area contributed by atoms with Gasteiger partial charge in [0, 0.05) is 17.5 Å². The van der Waals surface area contributed by atoms with Crippen molar-refractivity contribution in [2.24, 2.45) is 0 Å². The second-order valence-electron chi connectivity index (χ2n) is 9.61. The molecule has 0 aromatic heterocycles. The van der Waals surface area contributed by atoms with Gasteiger partial charge in [-0.05, 0) is 66.1 Å². The van der Waals surface area contributed by atoms with Crippen LogP contribution in [-0.2, 0) is 4.74 Å². The summed E-state index contributed by atoms with van der Waals surface area (Å²) in [4.78, 5) is 15.3. The van der Waals surface area contributed by atoms with Gasteiger partial charge in [-0.3, -0.25) is 4.90 Å². The molecule has 2 bridgehead atoms. The quantitative estimate of drug-likeness (QED) is 0.450. The Balaban J connectivity index is 1.21. The van der Waals surface area contributed by atoms with Crippen molar-refractivity contribution in [2.75, 3.05) is 13.7 Å². The standard InChI is InChI=1S/C30H29NO3/c1-19-11-14-29(33-2)27(15-19)20-16-21-12-13-22(17-20)31(21)30(32)34-18-28-25-9-5-3-7-23(25)24-8-4-6-10-26(24)28/h3-11,14-16,21-22,28H,12-13,17-18H2,1-2H3. The van der Waals surface area contributed by atoms with Gasteiger partial charge in [-0.15, -0.1) is 0 Å². The van der Waals surface area contributed by atoms with Crippen LogP contribution in [0.4, 0.5) is 4.79 Å². The number of carbonyl (C=O) groups is 1. The van der Waals surface area contributed by atoms with E-state index in [1.807, 2.05) is 11.0 Å². The molecule has 2 aliphatic heterocycles. The third-order valence-electron chi connectivity index (χ3n) is 7.64. The highest BCUT2D eigenvalue weighted by Gasteiger charge is 2.41. The minimum atomic E-state index is -0.194. The Bertz CT molecular complexity index is 1250. The number of rotatable bonds is 4. The monoisotopic (exact) mass is 451 g/mol. The first-order valence-electron chi connectivity index (χ1n) is 12.1. The zero-order valence-corrected chi connectivity index (χ0v) is 19.7. The fourth-order valence-corrected chi connectivity index (χ4v) is 6.06. The second-order valence-corrected chi connectivity index (χ2v) is 9.61. The number of aryl methyl sites for hydroxylation is 1. The van der Waals surface area contributed by atoms with Crippen LogP contribution in [0, 0.1) is 6.92 Å². The number of fused-ring (bicyclic) bond motifs is 5. The fourth-order valence-electron chi connectivity index (χ4n) is 6.06. The smallest absolute Gasteiger partial charge is 0.410 e. The summed E-state index contributed by atoms with van der Waals surface area (Å²) in [5.41, 5.74) is 8.61. The molecule has 2 unspecified atom stereocenters. The van der Waals surface area contributed by atoms with Gasteiger partial charge < -0.3 is 9.47 Å². The number of ether oxygens (including phenoxy) is 2. The number of amides is 1. The Morgan fingerprint density at radius 3 is 2.32 bits per heavy atom. The summed E-state index contributed by atoms with van der Waals surface area (Å²) in [5, 5.41) is 0.